The molecular formula is C11H25NO3Si. The molecule has 16 heavy (non-hydrogen) atoms. The Morgan fingerprint density at radius 2 is 1.75 bits per heavy atom. The van der Waals surface area contributed by atoms with Crippen LogP contribution in [0.3, 0.4) is 0 Å². The van der Waals surface area contributed by atoms with Crippen LogP contribution < -0.4 is 0 Å². The Morgan fingerprint density at radius 1 is 1.31 bits per heavy atom. The van der Waals surface area contributed by atoms with Crippen molar-refractivity contribution in [3.63, 3.8) is 0 Å². The quantitative estimate of drug-likeness (QED) is 0.566. The van der Waals surface area contributed by atoms with Gasteiger partial charge in [0.1, 0.15) is 6.10 Å². The molecule has 0 saturated heterocycles. The van der Waals surface area contributed by atoms with Crippen LogP contribution in [0.2, 0.25) is 18.1 Å². The number of carbonyl (C=O) groups excluding carboxylic acids is 1. The van der Waals surface area contributed by atoms with Crippen molar-refractivity contribution in [1.82, 2.24) is 5.06 Å². The molecule has 0 aromatic heterocycles. The van der Waals surface area contributed by atoms with Crippen molar-refractivity contribution in [2.75, 3.05) is 14.2 Å². The lowest BCUT2D eigenvalue weighted by atomic mass is 10.2. The van der Waals surface area contributed by atoms with Crippen LogP contribution in [-0.2, 0) is 14.1 Å². The fourth-order valence-electron chi connectivity index (χ4n) is 1.02. The third-order valence-corrected chi connectivity index (χ3v) is 7.76. The van der Waals surface area contributed by atoms with Crippen LogP contribution in [0.1, 0.15) is 27.7 Å². The van der Waals surface area contributed by atoms with E-state index in [0.717, 1.165) is 0 Å². The van der Waals surface area contributed by atoms with E-state index in [-0.39, 0.29) is 10.9 Å². The first-order valence-corrected chi connectivity index (χ1v) is 8.43. The minimum atomic E-state index is -1.89. The Labute approximate surface area is 100.0 Å². The van der Waals surface area contributed by atoms with Gasteiger partial charge in [0.2, 0.25) is 0 Å². The Hall–Kier alpha value is -0.393. The van der Waals surface area contributed by atoms with Gasteiger partial charge >= 0.3 is 0 Å². The van der Waals surface area contributed by atoms with Crippen LogP contribution in [0.25, 0.3) is 0 Å². The van der Waals surface area contributed by atoms with Crippen molar-refractivity contribution in [3.05, 3.63) is 0 Å². The summed E-state index contributed by atoms with van der Waals surface area (Å²) in [4.78, 5) is 16.6. The molecule has 0 aromatic carbocycles. The molecule has 0 fully saturated rings. The summed E-state index contributed by atoms with van der Waals surface area (Å²) < 4.78 is 5.95. The molecule has 0 aliphatic rings. The third kappa shape index (κ3) is 3.88. The molecule has 1 unspecified atom stereocenters. The number of rotatable bonds is 4. The number of amides is 1. The number of carbonyl (C=O) groups is 1. The highest BCUT2D eigenvalue weighted by Gasteiger charge is 2.40. The maximum absolute atomic E-state index is 11.8. The maximum atomic E-state index is 11.8. The molecule has 0 saturated carbocycles. The number of likely N-dealkylation sites (N-methyl/N-ethyl adjacent to an activating group) is 1. The van der Waals surface area contributed by atoms with E-state index in [1.165, 1.54) is 12.2 Å². The van der Waals surface area contributed by atoms with E-state index in [4.69, 9.17) is 9.26 Å². The standard InChI is InChI=1S/C11H25NO3Si/c1-9(10(13)12(5)14-6)15-16(7,8)11(2,3)4/h9H,1-8H3. The normalized spacial score (nSPS) is 14.8. The van der Waals surface area contributed by atoms with Crippen molar-refractivity contribution in [3.8, 4) is 0 Å². The summed E-state index contributed by atoms with van der Waals surface area (Å²) in [7, 11) is 1.17. The van der Waals surface area contributed by atoms with E-state index in [1.54, 1.807) is 14.0 Å². The van der Waals surface area contributed by atoms with Crippen LogP contribution >= 0.6 is 0 Å². The predicted molar refractivity (Wildman–Crippen MR) is 67.5 cm³/mol. The van der Waals surface area contributed by atoms with Gasteiger partial charge < -0.3 is 4.43 Å². The average molecular weight is 247 g/mol. The monoisotopic (exact) mass is 247 g/mol. The summed E-state index contributed by atoms with van der Waals surface area (Å²) >= 11 is 0. The molecule has 1 atom stereocenters. The fourth-order valence-corrected chi connectivity index (χ4v) is 2.35. The van der Waals surface area contributed by atoms with Gasteiger partial charge in [-0.15, -0.1) is 0 Å². The zero-order valence-electron chi connectivity index (χ0n) is 11.7. The van der Waals surface area contributed by atoms with Gasteiger partial charge in [0.05, 0.1) is 7.11 Å². The minimum Gasteiger partial charge on any atom is -0.405 e. The van der Waals surface area contributed by atoms with Gasteiger partial charge in [-0.2, -0.15) is 0 Å². The average Bonchev–Trinajstić information content (AvgIpc) is 2.12. The van der Waals surface area contributed by atoms with Crippen molar-refractivity contribution in [1.29, 1.82) is 0 Å². The zero-order valence-corrected chi connectivity index (χ0v) is 12.7. The molecule has 4 nitrogen and oxygen atoms in total. The molecule has 5 heteroatoms. The van der Waals surface area contributed by atoms with Crippen molar-refractivity contribution in [2.24, 2.45) is 0 Å². The molecule has 0 aliphatic carbocycles. The van der Waals surface area contributed by atoms with Crippen LogP contribution in [-0.4, -0.2) is 39.5 Å². The second-order valence-electron chi connectivity index (χ2n) is 5.54. The minimum absolute atomic E-state index is 0.104. The van der Waals surface area contributed by atoms with E-state index >= 15 is 0 Å². The lowest BCUT2D eigenvalue weighted by molar-refractivity contribution is -0.176. The molecule has 0 aromatic rings. The summed E-state index contributed by atoms with van der Waals surface area (Å²) in [6, 6.07) is 0. The zero-order chi connectivity index (χ0) is 13.1. The smallest absolute Gasteiger partial charge is 0.273 e. The fraction of sp³-hybridized carbons (Fsp3) is 0.909. The summed E-state index contributed by atoms with van der Waals surface area (Å²) in [5, 5.41) is 1.31. The number of hydrogen-bond donors (Lipinski definition) is 0. The van der Waals surface area contributed by atoms with Crippen LogP contribution in [0.5, 0.6) is 0 Å². The Bertz CT molecular complexity index is 248. The molecule has 96 valence electrons. The van der Waals surface area contributed by atoms with E-state index in [9.17, 15) is 4.79 Å². The summed E-state index contributed by atoms with van der Waals surface area (Å²) in [5.74, 6) is -0.146. The van der Waals surface area contributed by atoms with Crippen molar-refractivity contribution in [2.45, 2.75) is 51.9 Å². The van der Waals surface area contributed by atoms with E-state index in [0.29, 0.717) is 0 Å². The molecule has 0 radical (unpaired) electrons. The van der Waals surface area contributed by atoms with E-state index < -0.39 is 14.4 Å². The summed E-state index contributed by atoms with van der Waals surface area (Å²) in [6.45, 7) is 12.5. The highest BCUT2D eigenvalue weighted by Crippen LogP contribution is 2.37. The summed E-state index contributed by atoms with van der Waals surface area (Å²) in [5.41, 5.74) is 0. The van der Waals surface area contributed by atoms with Gasteiger partial charge in [-0.1, -0.05) is 20.8 Å². The van der Waals surface area contributed by atoms with Crippen LogP contribution in [0.15, 0.2) is 0 Å². The van der Waals surface area contributed by atoms with Crippen LogP contribution in [0, 0.1) is 0 Å². The first-order chi connectivity index (χ1) is 7.03. The van der Waals surface area contributed by atoms with Gasteiger partial charge in [-0.25, -0.2) is 5.06 Å². The third-order valence-electron chi connectivity index (χ3n) is 3.21. The van der Waals surface area contributed by atoms with Gasteiger partial charge in [0.15, 0.2) is 8.32 Å². The maximum Gasteiger partial charge on any atom is 0.273 e. The molecule has 0 heterocycles. The number of nitrogens with zero attached hydrogens (tertiary/aromatic N) is 1. The highest BCUT2D eigenvalue weighted by molar-refractivity contribution is 6.74. The topological polar surface area (TPSA) is 38.8 Å². The summed E-state index contributed by atoms with van der Waals surface area (Å²) in [6.07, 6.45) is -0.453. The molecule has 0 N–H and O–H groups in total. The lowest BCUT2D eigenvalue weighted by Gasteiger charge is -2.38. The first kappa shape index (κ1) is 15.6. The van der Waals surface area contributed by atoms with Gasteiger partial charge in [0, 0.05) is 7.05 Å². The second kappa shape index (κ2) is 5.29. The number of hydrogen-bond acceptors (Lipinski definition) is 3. The van der Waals surface area contributed by atoms with Gasteiger partial charge in [-0.05, 0) is 25.1 Å². The highest BCUT2D eigenvalue weighted by atomic mass is 28.4. The van der Waals surface area contributed by atoms with E-state index in [1.807, 2.05) is 0 Å². The number of hydroxylamine groups is 2. The van der Waals surface area contributed by atoms with Crippen LogP contribution in [0.4, 0.5) is 0 Å². The Morgan fingerprint density at radius 3 is 2.06 bits per heavy atom. The molecule has 0 aliphatic heterocycles. The van der Waals surface area contributed by atoms with Crippen molar-refractivity contribution >= 4 is 14.2 Å². The molecule has 0 rings (SSSR count). The second-order valence-corrected chi connectivity index (χ2v) is 10.3. The molecule has 0 spiro atoms. The SMILES string of the molecule is CON(C)C(=O)C(C)O[Si](C)(C)C(C)(C)C. The molecule has 1 amide bonds. The van der Waals surface area contributed by atoms with E-state index in [2.05, 4.69) is 33.9 Å². The Balaban J connectivity index is 4.57. The predicted octanol–water partition coefficient (Wildman–Crippen LogP) is 2.42. The van der Waals surface area contributed by atoms with Crippen molar-refractivity contribution < 1.29 is 14.1 Å². The first-order valence-electron chi connectivity index (χ1n) is 5.52. The lowest BCUT2D eigenvalue weighted by Crippen LogP contribution is -2.47. The largest absolute Gasteiger partial charge is 0.405 e. The van der Waals surface area contributed by atoms with Gasteiger partial charge in [-0.3, -0.25) is 9.63 Å². The molecule has 0 bridgehead atoms. The van der Waals surface area contributed by atoms with Gasteiger partial charge in [0.25, 0.3) is 5.91 Å². The molecular weight excluding hydrogens is 222 g/mol. The Kier molecular flexibility index (Phi) is 5.16.